The zero-order valence-corrected chi connectivity index (χ0v) is 18.2. The Morgan fingerprint density at radius 1 is 1.11 bits per heavy atom. The molecule has 0 radical (unpaired) electrons. The Labute approximate surface area is 169 Å². The standard InChI is InChI=1S/C21H36N4O3/c1-7-22-21(23-10-11-25(15(2)3)17-8-9-17)24-14-16-12-18(26-4)20(28-6)19(13-16)27-5/h12-13,15,17H,7-11,14H2,1-6H3,(H2,22,23,24). The summed E-state index contributed by atoms with van der Waals surface area (Å²) in [5.41, 5.74) is 0.994. The number of guanidine groups is 1. The Bertz CT molecular complexity index is 618. The van der Waals surface area contributed by atoms with Crippen LogP contribution in [0, 0.1) is 0 Å². The van der Waals surface area contributed by atoms with Gasteiger partial charge in [0.25, 0.3) is 0 Å². The second-order valence-corrected chi connectivity index (χ2v) is 7.22. The van der Waals surface area contributed by atoms with Gasteiger partial charge >= 0.3 is 0 Å². The fourth-order valence-corrected chi connectivity index (χ4v) is 3.31. The predicted molar refractivity (Wildman–Crippen MR) is 114 cm³/mol. The molecule has 1 fully saturated rings. The largest absolute Gasteiger partial charge is 0.493 e. The van der Waals surface area contributed by atoms with Gasteiger partial charge in [0.1, 0.15) is 0 Å². The van der Waals surface area contributed by atoms with E-state index in [0.717, 1.165) is 37.2 Å². The Morgan fingerprint density at radius 2 is 1.75 bits per heavy atom. The minimum atomic E-state index is 0.516. The fraction of sp³-hybridized carbons (Fsp3) is 0.667. The minimum absolute atomic E-state index is 0.516. The van der Waals surface area contributed by atoms with Crippen LogP contribution < -0.4 is 24.8 Å². The molecule has 0 amide bonds. The Kier molecular flexibility index (Phi) is 8.70. The van der Waals surface area contributed by atoms with Crippen molar-refractivity contribution in [3.05, 3.63) is 17.7 Å². The molecule has 2 N–H and O–H groups in total. The summed E-state index contributed by atoms with van der Waals surface area (Å²) in [6.07, 6.45) is 2.65. The number of benzene rings is 1. The average molecular weight is 393 g/mol. The van der Waals surface area contributed by atoms with Gasteiger partial charge in [0.2, 0.25) is 5.75 Å². The van der Waals surface area contributed by atoms with E-state index in [-0.39, 0.29) is 0 Å². The molecule has 0 heterocycles. The molecule has 0 aliphatic heterocycles. The van der Waals surface area contributed by atoms with Crippen molar-refractivity contribution in [1.29, 1.82) is 0 Å². The lowest BCUT2D eigenvalue weighted by Gasteiger charge is -2.26. The first kappa shape index (κ1) is 22.1. The smallest absolute Gasteiger partial charge is 0.203 e. The molecule has 7 heteroatoms. The van der Waals surface area contributed by atoms with Gasteiger partial charge in [0.05, 0.1) is 27.9 Å². The lowest BCUT2D eigenvalue weighted by molar-refractivity contribution is 0.215. The first-order valence-electron chi connectivity index (χ1n) is 10.1. The quantitative estimate of drug-likeness (QED) is 0.446. The average Bonchev–Trinajstić information content (AvgIpc) is 3.52. The van der Waals surface area contributed by atoms with E-state index < -0.39 is 0 Å². The molecule has 0 atom stereocenters. The van der Waals surface area contributed by atoms with Crippen LogP contribution in [0.15, 0.2) is 17.1 Å². The van der Waals surface area contributed by atoms with E-state index in [0.29, 0.717) is 29.8 Å². The normalized spacial score (nSPS) is 14.4. The monoisotopic (exact) mass is 392 g/mol. The maximum absolute atomic E-state index is 5.43. The summed E-state index contributed by atoms with van der Waals surface area (Å²) in [6, 6.07) is 5.21. The molecule has 1 aromatic rings. The molecule has 1 aromatic carbocycles. The van der Waals surface area contributed by atoms with Crippen LogP contribution in [0.5, 0.6) is 17.2 Å². The molecular formula is C21H36N4O3. The van der Waals surface area contributed by atoms with E-state index in [1.165, 1.54) is 12.8 Å². The third-order valence-electron chi connectivity index (χ3n) is 4.83. The molecule has 0 aromatic heterocycles. The number of methoxy groups -OCH3 is 3. The Balaban J connectivity index is 2.01. The van der Waals surface area contributed by atoms with Gasteiger partial charge in [-0.1, -0.05) is 0 Å². The second-order valence-electron chi connectivity index (χ2n) is 7.22. The zero-order chi connectivity index (χ0) is 20.5. The van der Waals surface area contributed by atoms with Gasteiger partial charge in [-0.25, -0.2) is 4.99 Å². The SMILES string of the molecule is CCNC(=NCc1cc(OC)c(OC)c(OC)c1)NCCN(C(C)C)C1CC1. The van der Waals surface area contributed by atoms with Crippen LogP contribution in [0.3, 0.4) is 0 Å². The van der Waals surface area contributed by atoms with E-state index in [9.17, 15) is 0 Å². The van der Waals surface area contributed by atoms with Crippen LogP contribution >= 0.6 is 0 Å². The highest BCUT2D eigenvalue weighted by atomic mass is 16.5. The molecule has 7 nitrogen and oxygen atoms in total. The maximum atomic E-state index is 5.43. The highest BCUT2D eigenvalue weighted by Gasteiger charge is 2.30. The van der Waals surface area contributed by atoms with E-state index in [4.69, 9.17) is 19.2 Å². The van der Waals surface area contributed by atoms with Crippen LogP contribution in [0.25, 0.3) is 0 Å². The van der Waals surface area contributed by atoms with Crippen LogP contribution in [-0.2, 0) is 6.54 Å². The van der Waals surface area contributed by atoms with Crippen molar-refractivity contribution >= 4 is 5.96 Å². The highest BCUT2D eigenvalue weighted by molar-refractivity contribution is 5.79. The molecule has 158 valence electrons. The molecule has 0 spiro atoms. The van der Waals surface area contributed by atoms with Crippen LogP contribution in [0.4, 0.5) is 0 Å². The van der Waals surface area contributed by atoms with Crippen LogP contribution in [-0.4, -0.2) is 63.9 Å². The van der Waals surface area contributed by atoms with Crippen molar-refractivity contribution in [2.75, 3.05) is 41.0 Å². The van der Waals surface area contributed by atoms with Crippen molar-refractivity contribution in [2.24, 2.45) is 4.99 Å². The predicted octanol–water partition coefficient (Wildman–Crippen LogP) is 2.64. The summed E-state index contributed by atoms with van der Waals surface area (Å²) in [4.78, 5) is 7.28. The molecule has 0 saturated heterocycles. The van der Waals surface area contributed by atoms with Crippen molar-refractivity contribution in [1.82, 2.24) is 15.5 Å². The van der Waals surface area contributed by atoms with Crippen LogP contribution in [0.2, 0.25) is 0 Å². The van der Waals surface area contributed by atoms with Gasteiger partial charge in [-0.2, -0.15) is 0 Å². The summed E-state index contributed by atoms with van der Waals surface area (Å²) < 4.78 is 16.2. The lowest BCUT2D eigenvalue weighted by atomic mass is 10.2. The molecule has 1 saturated carbocycles. The van der Waals surface area contributed by atoms with Crippen LogP contribution in [0.1, 0.15) is 39.2 Å². The lowest BCUT2D eigenvalue weighted by Crippen LogP contribution is -2.43. The minimum Gasteiger partial charge on any atom is -0.493 e. The molecule has 0 bridgehead atoms. The van der Waals surface area contributed by atoms with E-state index >= 15 is 0 Å². The zero-order valence-electron chi connectivity index (χ0n) is 18.2. The van der Waals surface area contributed by atoms with Gasteiger partial charge in [-0.05, 0) is 51.3 Å². The number of aliphatic imine (C=N–C) groups is 1. The Hall–Kier alpha value is -2.15. The van der Waals surface area contributed by atoms with E-state index in [1.807, 2.05) is 12.1 Å². The molecule has 28 heavy (non-hydrogen) atoms. The fourth-order valence-electron chi connectivity index (χ4n) is 3.31. The number of ether oxygens (including phenoxy) is 3. The summed E-state index contributed by atoms with van der Waals surface area (Å²) in [7, 11) is 4.85. The summed E-state index contributed by atoms with van der Waals surface area (Å²) in [6.45, 7) is 9.83. The van der Waals surface area contributed by atoms with Gasteiger partial charge in [-0.15, -0.1) is 0 Å². The molecular weight excluding hydrogens is 356 g/mol. The molecule has 1 aliphatic rings. The first-order valence-corrected chi connectivity index (χ1v) is 10.1. The number of nitrogens with zero attached hydrogens (tertiary/aromatic N) is 2. The highest BCUT2D eigenvalue weighted by Crippen LogP contribution is 2.38. The maximum Gasteiger partial charge on any atom is 0.203 e. The molecule has 2 rings (SSSR count). The number of nitrogens with one attached hydrogen (secondary N) is 2. The molecule has 0 unspecified atom stereocenters. The number of hydrogen-bond donors (Lipinski definition) is 2. The van der Waals surface area contributed by atoms with Crippen molar-refractivity contribution in [2.45, 2.75) is 52.2 Å². The summed E-state index contributed by atoms with van der Waals surface area (Å²) in [5, 5.41) is 6.76. The number of rotatable bonds is 11. The third kappa shape index (κ3) is 6.19. The van der Waals surface area contributed by atoms with Gasteiger partial charge in [-0.3, -0.25) is 4.90 Å². The van der Waals surface area contributed by atoms with Crippen molar-refractivity contribution < 1.29 is 14.2 Å². The van der Waals surface area contributed by atoms with Gasteiger partial charge in [0, 0.05) is 31.7 Å². The van der Waals surface area contributed by atoms with Crippen molar-refractivity contribution in [3.8, 4) is 17.2 Å². The van der Waals surface area contributed by atoms with Gasteiger partial charge < -0.3 is 24.8 Å². The Morgan fingerprint density at radius 3 is 2.21 bits per heavy atom. The third-order valence-corrected chi connectivity index (χ3v) is 4.83. The first-order chi connectivity index (χ1) is 13.5. The molecule has 1 aliphatic carbocycles. The van der Waals surface area contributed by atoms with Gasteiger partial charge in [0.15, 0.2) is 17.5 Å². The van der Waals surface area contributed by atoms with E-state index in [1.54, 1.807) is 21.3 Å². The summed E-state index contributed by atoms with van der Waals surface area (Å²) >= 11 is 0. The van der Waals surface area contributed by atoms with E-state index in [2.05, 4.69) is 36.3 Å². The summed E-state index contributed by atoms with van der Waals surface area (Å²) in [5.74, 6) is 2.69. The second kappa shape index (κ2) is 11.0. The number of hydrogen-bond acceptors (Lipinski definition) is 5. The topological polar surface area (TPSA) is 67.4 Å². The van der Waals surface area contributed by atoms with Crippen molar-refractivity contribution in [3.63, 3.8) is 0 Å².